The molecular formula is C16H15NO4. The SMILES string of the molecule is COC(=O)c1ccccc1NC1COc2cc(O)ccc21. The number of benzene rings is 2. The minimum absolute atomic E-state index is 0.0774. The first-order valence-corrected chi connectivity index (χ1v) is 6.58. The van der Waals surface area contributed by atoms with E-state index in [0.29, 0.717) is 23.6 Å². The Kier molecular flexibility index (Phi) is 3.39. The summed E-state index contributed by atoms with van der Waals surface area (Å²) in [5.41, 5.74) is 2.12. The van der Waals surface area contributed by atoms with Crippen LogP contribution in [0.25, 0.3) is 0 Å². The molecule has 5 nitrogen and oxygen atoms in total. The molecule has 0 fully saturated rings. The van der Waals surface area contributed by atoms with Gasteiger partial charge in [0.15, 0.2) is 0 Å². The van der Waals surface area contributed by atoms with E-state index in [1.807, 2.05) is 18.2 Å². The zero-order chi connectivity index (χ0) is 14.8. The number of aromatic hydroxyl groups is 1. The van der Waals surface area contributed by atoms with Crippen molar-refractivity contribution in [2.45, 2.75) is 6.04 Å². The zero-order valence-corrected chi connectivity index (χ0v) is 11.5. The Morgan fingerprint density at radius 3 is 2.95 bits per heavy atom. The van der Waals surface area contributed by atoms with E-state index in [-0.39, 0.29) is 17.8 Å². The van der Waals surface area contributed by atoms with Crippen LogP contribution in [0.5, 0.6) is 11.5 Å². The fraction of sp³-hybridized carbons (Fsp3) is 0.188. The number of nitrogens with one attached hydrogen (secondary N) is 1. The van der Waals surface area contributed by atoms with Gasteiger partial charge in [-0.2, -0.15) is 0 Å². The Morgan fingerprint density at radius 2 is 2.14 bits per heavy atom. The number of para-hydroxylation sites is 1. The van der Waals surface area contributed by atoms with Crippen molar-refractivity contribution >= 4 is 11.7 Å². The Hall–Kier alpha value is -2.69. The lowest BCUT2D eigenvalue weighted by atomic mass is 10.1. The predicted molar refractivity (Wildman–Crippen MR) is 77.7 cm³/mol. The van der Waals surface area contributed by atoms with Crippen LogP contribution < -0.4 is 10.1 Å². The van der Waals surface area contributed by atoms with Gasteiger partial charge in [0.05, 0.1) is 18.7 Å². The highest BCUT2D eigenvalue weighted by Gasteiger charge is 2.25. The summed E-state index contributed by atoms with van der Waals surface area (Å²) in [4.78, 5) is 11.8. The molecule has 0 amide bonds. The van der Waals surface area contributed by atoms with Gasteiger partial charge < -0.3 is 19.9 Å². The summed E-state index contributed by atoms with van der Waals surface area (Å²) in [5, 5.41) is 12.8. The minimum Gasteiger partial charge on any atom is -0.508 e. The van der Waals surface area contributed by atoms with Crippen LogP contribution in [0.3, 0.4) is 0 Å². The van der Waals surface area contributed by atoms with Crippen molar-refractivity contribution < 1.29 is 19.4 Å². The quantitative estimate of drug-likeness (QED) is 0.849. The summed E-state index contributed by atoms with van der Waals surface area (Å²) in [6.45, 7) is 0.439. The van der Waals surface area contributed by atoms with E-state index in [1.54, 1.807) is 24.3 Å². The van der Waals surface area contributed by atoms with Gasteiger partial charge in [0, 0.05) is 17.3 Å². The number of rotatable bonds is 3. The maximum atomic E-state index is 11.8. The molecule has 2 aromatic rings. The largest absolute Gasteiger partial charge is 0.508 e. The Bertz CT molecular complexity index is 684. The highest BCUT2D eigenvalue weighted by atomic mass is 16.5. The lowest BCUT2D eigenvalue weighted by Crippen LogP contribution is -2.15. The number of fused-ring (bicyclic) bond motifs is 1. The van der Waals surface area contributed by atoms with E-state index in [2.05, 4.69) is 5.32 Å². The second-order valence-corrected chi connectivity index (χ2v) is 4.77. The van der Waals surface area contributed by atoms with Crippen molar-refractivity contribution in [3.63, 3.8) is 0 Å². The smallest absolute Gasteiger partial charge is 0.339 e. The molecule has 0 radical (unpaired) electrons. The topological polar surface area (TPSA) is 67.8 Å². The predicted octanol–water partition coefficient (Wildman–Crippen LogP) is 2.72. The van der Waals surface area contributed by atoms with E-state index in [9.17, 15) is 9.90 Å². The number of hydrogen-bond acceptors (Lipinski definition) is 5. The summed E-state index contributed by atoms with van der Waals surface area (Å²) in [5.74, 6) is 0.440. The third-order valence-electron chi connectivity index (χ3n) is 3.44. The fourth-order valence-corrected chi connectivity index (χ4v) is 2.40. The van der Waals surface area contributed by atoms with Gasteiger partial charge in [-0.1, -0.05) is 12.1 Å². The molecule has 1 aliphatic rings. The number of anilines is 1. The number of phenolic OH excluding ortho intramolecular Hbond substituents is 1. The molecule has 1 atom stereocenters. The molecule has 21 heavy (non-hydrogen) atoms. The van der Waals surface area contributed by atoms with Crippen molar-refractivity contribution in [3.05, 3.63) is 53.6 Å². The highest BCUT2D eigenvalue weighted by molar-refractivity contribution is 5.95. The maximum absolute atomic E-state index is 11.8. The molecule has 0 spiro atoms. The van der Waals surface area contributed by atoms with Crippen LogP contribution in [0.4, 0.5) is 5.69 Å². The number of hydrogen-bond donors (Lipinski definition) is 2. The fourth-order valence-electron chi connectivity index (χ4n) is 2.40. The van der Waals surface area contributed by atoms with Gasteiger partial charge in [-0.15, -0.1) is 0 Å². The van der Waals surface area contributed by atoms with Crippen LogP contribution in [-0.2, 0) is 4.74 Å². The Labute approximate surface area is 122 Å². The van der Waals surface area contributed by atoms with Crippen LogP contribution >= 0.6 is 0 Å². The summed E-state index contributed by atoms with van der Waals surface area (Å²) in [6.07, 6.45) is 0. The summed E-state index contributed by atoms with van der Waals surface area (Å²) in [7, 11) is 1.36. The first-order chi connectivity index (χ1) is 10.2. The van der Waals surface area contributed by atoms with E-state index in [4.69, 9.17) is 9.47 Å². The van der Waals surface area contributed by atoms with E-state index >= 15 is 0 Å². The summed E-state index contributed by atoms with van der Waals surface area (Å²) < 4.78 is 10.3. The zero-order valence-electron chi connectivity index (χ0n) is 11.5. The van der Waals surface area contributed by atoms with Crippen molar-refractivity contribution in [1.82, 2.24) is 0 Å². The van der Waals surface area contributed by atoms with Crippen molar-refractivity contribution in [1.29, 1.82) is 0 Å². The molecule has 108 valence electrons. The number of esters is 1. The van der Waals surface area contributed by atoms with Gasteiger partial charge in [-0.3, -0.25) is 0 Å². The molecule has 0 saturated heterocycles. The Balaban J connectivity index is 1.88. The third-order valence-corrected chi connectivity index (χ3v) is 3.44. The lowest BCUT2D eigenvalue weighted by Gasteiger charge is -2.15. The van der Waals surface area contributed by atoms with Crippen molar-refractivity contribution in [2.24, 2.45) is 0 Å². The number of carbonyl (C=O) groups is 1. The van der Waals surface area contributed by atoms with Crippen LogP contribution in [0.2, 0.25) is 0 Å². The average Bonchev–Trinajstić information content (AvgIpc) is 2.89. The number of ether oxygens (including phenoxy) is 2. The van der Waals surface area contributed by atoms with Crippen LogP contribution in [0, 0.1) is 0 Å². The molecule has 0 bridgehead atoms. The first-order valence-electron chi connectivity index (χ1n) is 6.58. The molecule has 0 saturated carbocycles. The van der Waals surface area contributed by atoms with Gasteiger partial charge >= 0.3 is 5.97 Å². The average molecular weight is 285 g/mol. The molecule has 2 aromatic carbocycles. The van der Waals surface area contributed by atoms with Gasteiger partial charge in [0.1, 0.15) is 18.1 Å². The standard InChI is InChI=1S/C16H15NO4/c1-20-16(19)12-4-2-3-5-13(12)17-14-9-21-15-8-10(18)6-7-11(14)15/h2-8,14,17-18H,9H2,1H3. The minimum atomic E-state index is -0.386. The lowest BCUT2D eigenvalue weighted by molar-refractivity contribution is 0.0601. The van der Waals surface area contributed by atoms with E-state index < -0.39 is 0 Å². The first kappa shape index (κ1) is 13.3. The number of methoxy groups -OCH3 is 1. The number of carbonyl (C=O) groups excluding carboxylic acids is 1. The van der Waals surface area contributed by atoms with Gasteiger partial charge in [-0.25, -0.2) is 4.79 Å². The molecule has 0 aromatic heterocycles. The molecule has 5 heteroatoms. The van der Waals surface area contributed by atoms with Crippen LogP contribution in [-0.4, -0.2) is 24.8 Å². The monoisotopic (exact) mass is 285 g/mol. The highest BCUT2D eigenvalue weighted by Crippen LogP contribution is 2.37. The van der Waals surface area contributed by atoms with Crippen molar-refractivity contribution in [3.8, 4) is 11.5 Å². The molecule has 1 heterocycles. The Morgan fingerprint density at radius 1 is 1.33 bits per heavy atom. The van der Waals surface area contributed by atoms with Crippen LogP contribution in [0.1, 0.15) is 22.0 Å². The second-order valence-electron chi connectivity index (χ2n) is 4.77. The molecular weight excluding hydrogens is 270 g/mol. The molecule has 3 rings (SSSR count). The number of phenols is 1. The summed E-state index contributed by atoms with van der Waals surface area (Å²) >= 11 is 0. The molecule has 1 aliphatic heterocycles. The van der Waals surface area contributed by atoms with Gasteiger partial charge in [0.2, 0.25) is 0 Å². The van der Waals surface area contributed by atoms with Crippen molar-refractivity contribution in [2.75, 3.05) is 19.0 Å². The second kappa shape index (κ2) is 5.36. The summed E-state index contributed by atoms with van der Waals surface area (Å²) in [6, 6.07) is 12.1. The third kappa shape index (κ3) is 2.50. The van der Waals surface area contributed by atoms with Crippen LogP contribution in [0.15, 0.2) is 42.5 Å². The molecule has 1 unspecified atom stereocenters. The normalized spacial score (nSPS) is 16.0. The van der Waals surface area contributed by atoms with Gasteiger partial charge in [0.25, 0.3) is 0 Å². The van der Waals surface area contributed by atoms with E-state index in [1.165, 1.54) is 7.11 Å². The van der Waals surface area contributed by atoms with E-state index in [0.717, 1.165) is 5.56 Å². The maximum Gasteiger partial charge on any atom is 0.339 e. The molecule has 2 N–H and O–H groups in total. The molecule has 0 aliphatic carbocycles. The van der Waals surface area contributed by atoms with Gasteiger partial charge in [-0.05, 0) is 24.3 Å².